The minimum Gasteiger partial charge on any atom is -0.265 e. The van der Waals surface area contributed by atoms with Gasteiger partial charge in [-0.15, -0.1) is 0 Å². The van der Waals surface area contributed by atoms with E-state index < -0.39 is 11.1 Å². The Hall–Kier alpha value is -0.320. The molecule has 10 heteroatoms. The number of aromatic nitrogens is 4. The lowest BCUT2D eigenvalue weighted by atomic mass is 10.6. The number of hydrogen-bond donors (Lipinski definition) is 0. The number of hydrogen-bond acceptors (Lipinski definition) is 4. The minimum atomic E-state index is -0.430. The van der Waals surface area contributed by atoms with Crippen LogP contribution < -0.4 is 11.1 Å². The molecule has 0 saturated carbocycles. The van der Waals surface area contributed by atoms with E-state index in [9.17, 15) is 9.59 Å². The van der Waals surface area contributed by atoms with Gasteiger partial charge in [-0.1, -0.05) is 0 Å². The van der Waals surface area contributed by atoms with Crippen molar-refractivity contribution in [3.8, 4) is 0 Å². The van der Waals surface area contributed by atoms with Gasteiger partial charge in [0.2, 0.25) is 11.3 Å². The molecule has 0 aromatic carbocycles. The van der Waals surface area contributed by atoms with Crippen LogP contribution in [0.1, 0.15) is 0 Å². The summed E-state index contributed by atoms with van der Waals surface area (Å²) in [7, 11) is 0. The summed E-state index contributed by atoms with van der Waals surface area (Å²) in [5.74, 6) is 0. The summed E-state index contributed by atoms with van der Waals surface area (Å²) < 4.78 is 3.90. The molecule has 0 atom stereocenters. The minimum absolute atomic E-state index is 0.0249. The van der Waals surface area contributed by atoms with Gasteiger partial charge in [-0.05, 0) is 63.7 Å². The average molecular weight is 504 g/mol. The summed E-state index contributed by atoms with van der Waals surface area (Å²) >= 11 is 12.7. The fraction of sp³-hybridized carbons (Fsp3) is 0. The number of rotatable bonds is 0. The topological polar surface area (TPSA) is 68.7 Å². The summed E-state index contributed by atoms with van der Waals surface area (Å²) in [6.07, 6.45) is 0. The molecule has 0 radical (unpaired) electrons. The van der Waals surface area contributed by atoms with Gasteiger partial charge in [0.1, 0.15) is 18.4 Å². The van der Waals surface area contributed by atoms with Gasteiger partial charge in [0.15, 0.2) is 0 Å². The summed E-state index contributed by atoms with van der Waals surface area (Å²) in [4.78, 5) is 32.5. The molecule has 3 aromatic heterocycles. The van der Waals surface area contributed by atoms with E-state index in [1.54, 1.807) is 0 Å². The Kier molecular flexibility index (Phi) is 2.88. The third kappa shape index (κ3) is 1.49. The molecule has 0 amide bonds. The van der Waals surface area contributed by atoms with E-state index in [2.05, 4.69) is 73.7 Å². The van der Waals surface area contributed by atoms with Crippen LogP contribution in [-0.2, 0) is 0 Å². The smallest absolute Gasteiger partial charge is 0.265 e. The van der Waals surface area contributed by atoms with Gasteiger partial charge in [0.05, 0.1) is 0 Å². The average Bonchev–Trinajstić information content (AvgIpc) is 2.78. The molecule has 0 aliphatic heterocycles. The normalized spacial score (nSPS) is 11.8. The maximum atomic E-state index is 12.2. The highest BCUT2D eigenvalue weighted by Crippen LogP contribution is 2.24. The van der Waals surface area contributed by atoms with Crippen LogP contribution in [-0.4, -0.2) is 18.8 Å². The molecular weight excluding hydrogens is 504 g/mol. The zero-order valence-corrected chi connectivity index (χ0v) is 14.5. The molecule has 0 aliphatic carbocycles. The van der Waals surface area contributed by atoms with Crippen LogP contribution in [0.2, 0.25) is 0 Å². The summed E-state index contributed by atoms with van der Waals surface area (Å²) in [6.45, 7) is 0. The first-order valence-electron chi connectivity index (χ1n) is 4.40. The van der Waals surface area contributed by atoms with E-state index in [0.29, 0.717) is 18.4 Å². The van der Waals surface area contributed by atoms with Crippen LogP contribution in [0.5, 0.6) is 0 Å². The van der Waals surface area contributed by atoms with Crippen LogP contribution in [0.4, 0.5) is 0 Å². The molecule has 0 bridgehead atoms. The van der Waals surface area contributed by atoms with Crippen molar-refractivity contribution in [1.29, 1.82) is 0 Å². The molecule has 0 aliphatic rings. The van der Waals surface area contributed by atoms with Crippen molar-refractivity contribution in [2.24, 2.45) is 0 Å². The number of fused-ring (bicyclic) bond motifs is 2. The quantitative estimate of drug-likeness (QED) is 0.472. The third-order valence-electron chi connectivity index (χ3n) is 2.35. The van der Waals surface area contributed by atoms with Crippen molar-refractivity contribution in [1.82, 2.24) is 18.8 Å². The predicted molar refractivity (Wildman–Crippen MR) is 78.5 cm³/mol. The Morgan fingerprint density at radius 2 is 1.06 bits per heavy atom. The Bertz CT molecular complexity index is 839. The van der Waals surface area contributed by atoms with E-state index >= 15 is 0 Å². The zero-order chi connectivity index (χ0) is 13.2. The molecule has 3 heterocycles. The first-order valence-corrected chi connectivity index (χ1v) is 7.57. The van der Waals surface area contributed by atoms with Crippen LogP contribution in [0.15, 0.2) is 28.0 Å². The van der Waals surface area contributed by atoms with Crippen LogP contribution in [0.25, 0.3) is 11.3 Å². The molecule has 18 heavy (non-hydrogen) atoms. The molecule has 0 fully saturated rings. The Labute approximate surface area is 132 Å². The van der Waals surface area contributed by atoms with Crippen LogP contribution in [0.3, 0.4) is 0 Å². The second-order valence-corrected chi connectivity index (χ2v) is 6.32. The zero-order valence-electron chi connectivity index (χ0n) is 8.12. The maximum absolute atomic E-state index is 12.2. The fourth-order valence-corrected chi connectivity index (χ4v) is 3.13. The van der Waals surface area contributed by atoms with Gasteiger partial charge < -0.3 is 0 Å². The fourth-order valence-electron chi connectivity index (χ4n) is 1.61. The Morgan fingerprint density at radius 3 is 1.39 bits per heavy atom. The molecular formula is C8Br4N4O2. The van der Waals surface area contributed by atoms with E-state index in [1.165, 1.54) is 8.80 Å². The van der Waals surface area contributed by atoms with Gasteiger partial charge in [0.25, 0.3) is 0 Å². The molecule has 3 aromatic rings. The van der Waals surface area contributed by atoms with Gasteiger partial charge >= 0.3 is 11.1 Å². The van der Waals surface area contributed by atoms with Gasteiger partial charge in [-0.3, -0.25) is 9.59 Å². The van der Waals surface area contributed by atoms with E-state index in [1.807, 2.05) is 0 Å². The van der Waals surface area contributed by atoms with E-state index in [4.69, 9.17) is 0 Å². The number of nitrogens with zero attached hydrogens (tertiary/aromatic N) is 4. The number of halogens is 4. The second-order valence-electron chi connectivity index (χ2n) is 3.32. The summed E-state index contributed by atoms with van der Waals surface area (Å²) in [5, 5.41) is 0. The van der Waals surface area contributed by atoms with Crippen LogP contribution >= 0.6 is 63.7 Å². The largest absolute Gasteiger partial charge is 0.301 e. The highest BCUT2D eigenvalue weighted by atomic mass is 79.9. The first kappa shape index (κ1) is 12.7. The van der Waals surface area contributed by atoms with E-state index in [-0.39, 0.29) is 11.3 Å². The molecule has 0 saturated heterocycles. The second kappa shape index (κ2) is 4.09. The molecule has 0 N–H and O–H groups in total. The highest BCUT2D eigenvalue weighted by Gasteiger charge is 2.21. The van der Waals surface area contributed by atoms with Crippen molar-refractivity contribution in [2.45, 2.75) is 0 Å². The molecule has 0 unspecified atom stereocenters. The van der Waals surface area contributed by atoms with E-state index in [0.717, 1.165) is 0 Å². The maximum Gasteiger partial charge on any atom is 0.301 e. The standard InChI is InChI=1S/C8Br4N4O2/c9-1-3(11)15-5(13-1)7(17)16-4(12)2(10)14-6(16)8(15)18. The molecule has 92 valence electrons. The third-order valence-corrected chi connectivity index (χ3v) is 5.98. The summed E-state index contributed by atoms with van der Waals surface area (Å²) in [6, 6.07) is 0. The lowest BCUT2D eigenvalue weighted by molar-refractivity contribution is 0.983. The number of imidazole rings is 2. The van der Waals surface area contributed by atoms with Crippen molar-refractivity contribution in [2.75, 3.05) is 0 Å². The molecule has 3 rings (SSSR count). The predicted octanol–water partition coefficient (Wildman–Crippen LogP) is 2.19. The van der Waals surface area contributed by atoms with Crippen LogP contribution in [0, 0.1) is 0 Å². The Balaban J connectivity index is 2.79. The highest BCUT2D eigenvalue weighted by molar-refractivity contribution is 9.13. The van der Waals surface area contributed by atoms with Crippen molar-refractivity contribution in [3.63, 3.8) is 0 Å². The molecule has 6 nitrogen and oxygen atoms in total. The molecule has 0 spiro atoms. The van der Waals surface area contributed by atoms with Gasteiger partial charge in [-0.25, -0.2) is 18.8 Å². The lowest BCUT2D eigenvalue weighted by Gasteiger charge is -1.96. The van der Waals surface area contributed by atoms with Gasteiger partial charge in [-0.2, -0.15) is 0 Å². The SMILES string of the molecule is O=c1c2nc(Br)c(Br)n2c(=O)c2nc(Br)c(Br)n12. The monoisotopic (exact) mass is 500 g/mol. The van der Waals surface area contributed by atoms with Crippen molar-refractivity contribution < 1.29 is 0 Å². The Morgan fingerprint density at radius 1 is 0.722 bits per heavy atom. The lowest BCUT2D eigenvalue weighted by Crippen LogP contribution is -2.26. The first-order chi connectivity index (χ1) is 8.43. The summed E-state index contributed by atoms with van der Waals surface area (Å²) in [5.41, 5.74) is -0.809. The van der Waals surface area contributed by atoms with Gasteiger partial charge in [0, 0.05) is 0 Å². The van der Waals surface area contributed by atoms with Crippen molar-refractivity contribution >= 4 is 75.0 Å². The van der Waals surface area contributed by atoms with Crippen molar-refractivity contribution in [3.05, 3.63) is 39.1 Å².